The molecule has 144 valence electrons. The van der Waals surface area contributed by atoms with Crippen molar-refractivity contribution in [3.63, 3.8) is 0 Å². The minimum absolute atomic E-state index is 0.0349. The lowest BCUT2D eigenvalue weighted by molar-refractivity contribution is -0.120. The molecule has 0 radical (unpaired) electrons. The van der Waals surface area contributed by atoms with Crippen molar-refractivity contribution in [3.05, 3.63) is 69.5 Å². The summed E-state index contributed by atoms with van der Waals surface area (Å²) < 4.78 is 18.7. The average Bonchev–Trinajstić information content (AvgIpc) is 2.67. The van der Waals surface area contributed by atoms with Crippen LogP contribution in [0, 0.1) is 5.82 Å². The smallest absolute Gasteiger partial charge is 0.224 e. The van der Waals surface area contributed by atoms with Gasteiger partial charge in [-0.25, -0.2) is 4.39 Å². The highest BCUT2D eigenvalue weighted by Crippen LogP contribution is 2.23. The largest absolute Gasteiger partial charge is 0.379 e. The van der Waals surface area contributed by atoms with Gasteiger partial charge in [0, 0.05) is 19.6 Å². The molecule has 1 amide bonds. The third-order valence-corrected chi connectivity index (χ3v) is 5.32. The van der Waals surface area contributed by atoms with Crippen LogP contribution in [0.5, 0.6) is 0 Å². The predicted molar refractivity (Wildman–Crippen MR) is 105 cm³/mol. The van der Waals surface area contributed by atoms with Crippen LogP contribution in [-0.4, -0.2) is 43.7 Å². The molecule has 2 aromatic rings. The SMILES string of the molecule is O=C(Cc1ccc(Cl)c(Cl)c1)NC[C@H](c1ccc(F)cc1)N1CCOCC1. The molecule has 0 spiro atoms. The van der Waals surface area contributed by atoms with Gasteiger partial charge in [0.15, 0.2) is 0 Å². The summed E-state index contributed by atoms with van der Waals surface area (Å²) in [7, 11) is 0. The number of nitrogens with zero attached hydrogens (tertiary/aromatic N) is 1. The summed E-state index contributed by atoms with van der Waals surface area (Å²) in [5, 5.41) is 3.88. The van der Waals surface area contributed by atoms with Gasteiger partial charge in [0.2, 0.25) is 5.91 Å². The minimum atomic E-state index is -0.275. The van der Waals surface area contributed by atoms with E-state index in [2.05, 4.69) is 10.2 Å². The minimum Gasteiger partial charge on any atom is -0.379 e. The molecule has 3 rings (SSSR count). The van der Waals surface area contributed by atoms with E-state index in [1.54, 1.807) is 30.3 Å². The van der Waals surface area contributed by atoms with Crippen LogP contribution >= 0.6 is 23.2 Å². The van der Waals surface area contributed by atoms with Gasteiger partial charge in [0.05, 0.1) is 35.7 Å². The van der Waals surface area contributed by atoms with Crippen molar-refractivity contribution in [1.82, 2.24) is 10.2 Å². The molecule has 0 unspecified atom stereocenters. The summed E-state index contributed by atoms with van der Waals surface area (Å²) in [6.45, 7) is 3.27. The number of benzene rings is 2. The number of rotatable bonds is 6. The van der Waals surface area contributed by atoms with E-state index < -0.39 is 0 Å². The number of nitrogens with one attached hydrogen (secondary N) is 1. The summed E-state index contributed by atoms with van der Waals surface area (Å²) in [6, 6.07) is 11.5. The Balaban J connectivity index is 1.65. The number of amides is 1. The molecule has 1 aliphatic heterocycles. The second-order valence-corrected chi connectivity index (χ2v) is 7.26. The van der Waals surface area contributed by atoms with Crippen LogP contribution in [0.3, 0.4) is 0 Å². The number of carbonyl (C=O) groups excluding carboxylic acids is 1. The van der Waals surface area contributed by atoms with Crippen molar-refractivity contribution >= 4 is 29.1 Å². The van der Waals surface area contributed by atoms with Gasteiger partial charge in [-0.1, -0.05) is 41.4 Å². The summed E-state index contributed by atoms with van der Waals surface area (Å²) in [4.78, 5) is 14.6. The molecule has 0 bridgehead atoms. The van der Waals surface area contributed by atoms with E-state index in [4.69, 9.17) is 27.9 Å². The first kappa shape index (κ1) is 20.1. The molecule has 1 saturated heterocycles. The lowest BCUT2D eigenvalue weighted by Gasteiger charge is -2.35. The topological polar surface area (TPSA) is 41.6 Å². The van der Waals surface area contributed by atoms with Crippen LogP contribution in [0.4, 0.5) is 4.39 Å². The van der Waals surface area contributed by atoms with E-state index in [0.29, 0.717) is 29.8 Å². The first-order chi connectivity index (χ1) is 13.0. The maximum atomic E-state index is 13.3. The fourth-order valence-corrected chi connectivity index (χ4v) is 3.46. The van der Waals surface area contributed by atoms with Gasteiger partial charge in [-0.2, -0.15) is 0 Å². The summed E-state index contributed by atoms with van der Waals surface area (Å²) >= 11 is 11.9. The van der Waals surface area contributed by atoms with Gasteiger partial charge >= 0.3 is 0 Å². The Hall–Kier alpha value is -1.66. The van der Waals surface area contributed by atoms with Crippen molar-refractivity contribution in [2.45, 2.75) is 12.5 Å². The predicted octanol–water partition coefficient (Wildman–Crippen LogP) is 3.86. The number of hydrogen-bond donors (Lipinski definition) is 1. The molecule has 27 heavy (non-hydrogen) atoms. The molecular weight excluding hydrogens is 390 g/mol. The van der Waals surface area contributed by atoms with Crippen molar-refractivity contribution in [1.29, 1.82) is 0 Å². The van der Waals surface area contributed by atoms with Gasteiger partial charge in [-0.05, 0) is 35.4 Å². The highest BCUT2D eigenvalue weighted by atomic mass is 35.5. The number of halogens is 3. The van der Waals surface area contributed by atoms with Crippen LogP contribution in [0.2, 0.25) is 10.0 Å². The zero-order valence-electron chi connectivity index (χ0n) is 14.8. The Bertz CT molecular complexity index is 780. The standard InChI is InChI=1S/C20H21Cl2FN2O2/c21-17-6-1-14(11-18(17)22)12-20(26)24-13-19(25-7-9-27-10-8-25)15-2-4-16(23)5-3-15/h1-6,11,19H,7-10,12-13H2,(H,24,26)/t19-/m1/s1. The van der Waals surface area contributed by atoms with Crippen LogP contribution in [0.15, 0.2) is 42.5 Å². The summed E-state index contributed by atoms with van der Waals surface area (Å²) in [5.74, 6) is -0.378. The number of hydrogen-bond acceptors (Lipinski definition) is 3. The normalized spacial score (nSPS) is 16.1. The first-order valence-electron chi connectivity index (χ1n) is 8.81. The molecular formula is C20H21Cl2FN2O2. The molecule has 4 nitrogen and oxygen atoms in total. The van der Waals surface area contributed by atoms with E-state index in [0.717, 1.165) is 24.2 Å². The van der Waals surface area contributed by atoms with Crippen molar-refractivity contribution < 1.29 is 13.9 Å². The Kier molecular flexibility index (Phi) is 7.07. The lowest BCUT2D eigenvalue weighted by atomic mass is 10.0. The molecule has 1 N–H and O–H groups in total. The van der Waals surface area contributed by atoms with Gasteiger partial charge in [-0.15, -0.1) is 0 Å². The maximum absolute atomic E-state index is 13.3. The van der Waals surface area contributed by atoms with Crippen LogP contribution in [0.25, 0.3) is 0 Å². The molecule has 7 heteroatoms. The molecule has 1 atom stereocenters. The monoisotopic (exact) mass is 410 g/mol. The first-order valence-corrected chi connectivity index (χ1v) is 9.56. The number of morpholine rings is 1. The highest BCUT2D eigenvalue weighted by Gasteiger charge is 2.23. The second kappa shape index (κ2) is 9.51. The molecule has 1 aliphatic rings. The fraction of sp³-hybridized carbons (Fsp3) is 0.350. The van der Waals surface area contributed by atoms with Crippen LogP contribution in [-0.2, 0) is 16.0 Å². The second-order valence-electron chi connectivity index (χ2n) is 6.45. The van der Waals surface area contributed by atoms with E-state index in [1.165, 1.54) is 12.1 Å². The Morgan fingerprint density at radius 1 is 1.11 bits per heavy atom. The zero-order chi connectivity index (χ0) is 19.2. The summed E-state index contributed by atoms with van der Waals surface area (Å²) in [5.41, 5.74) is 1.76. The third kappa shape index (κ3) is 5.66. The quantitative estimate of drug-likeness (QED) is 0.785. The van der Waals surface area contributed by atoms with Gasteiger partial charge in [0.25, 0.3) is 0 Å². The van der Waals surface area contributed by atoms with Gasteiger partial charge < -0.3 is 10.1 Å². The van der Waals surface area contributed by atoms with E-state index >= 15 is 0 Å². The average molecular weight is 411 g/mol. The Morgan fingerprint density at radius 3 is 2.48 bits per heavy atom. The zero-order valence-corrected chi connectivity index (χ0v) is 16.3. The summed E-state index contributed by atoms with van der Waals surface area (Å²) in [6.07, 6.45) is 0.218. The maximum Gasteiger partial charge on any atom is 0.224 e. The molecule has 0 aromatic heterocycles. The van der Waals surface area contributed by atoms with E-state index in [9.17, 15) is 9.18 Å². The van der Waals surface area contributed by atoms with Crippen LogP contribution in [0.1, 0.15) is 17.2 Å². The fourth-order valence-electron chi connectivity index (χ4n) is 3.14. The third-order valence-electron chi connectivity index (χ3n) is 4.58. The molecule has 1 heterocycles. The lowest BCUT2D eigenvalue weighted by Crippen LogP contribution is -2.44. The molecule has 2 aromatic carbocycles. The van der Waals surface area contributed by atoms with E-state index in [1.807, 2.05) is 0 Å². The van der Waals surface area contributed by atoms with Crippen LogP contribution < -0.4 is 5.32 Å². The van der Waals surface area contributed by atoms with Gasteiger partial charge in [-0.3, -0.25) is 9.69 Å². The van der Waals surface area contributed by atoms with Crippen molar-refractivity contribution in [2.24, 2.45) is 0 Å². The van der Waals surface area contributed by atoms with E-state index in [-0.39, 0.29) is 24.2 Å². The van der Waals surface area contributed by atoms with Gasteiger partial charge in [0.1, 0.15) is 5.82 Å². The highest BCUT2D eigenvalue weighted by molar-refractivity contribution is 6.42. The van der Waals surface area contributed by atoms with Crippen molar-refractivity contribution in [2.75, 3.05) is 32.8 Å². The number of ether oxygens (including phenoxy) is 1. The van der Waals surface area contributed by atoms with Crippen molar-refractivity contribution in [3.8, 4) is 0 Å². The number of carbonyl (C=O) groups is 1. The molecule has 1 fully saturated rings. The molecule has 0 aliphatic carbocycles. The molecule has 0 saturated carbocycles. The Morgan fingerprint density at radius 2 is 1.81 bits per heavy atom. The Labute approximate surface area is 168 Å².